The zero-order valence-electron chi connectivity index (χ0n) is 19.2. The Morgan fingerprint density at radius 1 is 0.774 bits per heavy atom. The fourth-order valence-corrected chi connectivity index (χ4v) is 3.47. The van der Waals surface area contributed by atoms with E-state index in [9.17, 15) is 9.59 Å². The van der Waals surface area contributed by atoms with Crippen molar-refractivity contribution >= 4 is 11.9 Å². The van der Waals surface area contributed by atoms with Gasteiger partial charge in [0.15, 0.2) is 0 Å². The summed E-state index contributed by atoms with van der Waals surface area (Å²) in [6.45, 7) is 6.73. The van der Waals surface area contributed by atoms with Crippen LogP contribution in [0.3, 0.4) is 0 Å². The third-order valence-corrected chi connectivity index (χ3v) is 5.31. The van der Waals surface area contributed by atoms with Crippen molar-refractivity contribution in [3.05, 3.63) is 65.2 Å². The summed E-state index contributed by atoms with van der Waals surface area (Å²) in [5.74, 6) is -0.0992. The van der Waals surface area contributed by atoms with Gasteiger partial charge >= 0.3 is 11.9 Å². The van der Waals surface area contributed by atoms with E-state index in [4.69, 9.17) is 9.47 Å². The minimum absolute atomic E-state index is 0.238. The molecular weight excluding hydrogens is 388 g/mol. The van der Waals surface area contributed by atoms with E-state index in [1.54, 1.807) is 24.3 Å². The molecule has 0 aliphatic heterocycles. The number of carbonyl (C=O) groups excluding carboxylic acids is 2. The highest BCUT2D eigenvalue weighted by molar-refractivity contribution is 5.96. The first-order valence-corrected chi connectivity index (χ1v) is 11.6. The first-order valence-electron chi connectivity index (χ1n) is 11.6. The van der Waals surface area contributed by atoms with E-state index in [-0.39, 0.29) is 5.92 Å². The highest BCUT2D eigenvalue weighted by Gasteiger charge is 2.15. The van der Waals surface area contributed by atoms with Gasteiger partial charge in [-0.25, -0.2) is 9.59 Å². The Morgan fingerprint density at radius 3 is 2.06 bits per heavy atom. The molecule has 0 saturated heterocycles. The second kappa shape index (κ2) is 13.6. The number of benzene rings is 2. The highest BCUT2D eigenvalue weighted by atomic mass is 16.5. The van der Waals surface area contributed by atoms with Crippen LogP contribution in [0, 0.1) is 0 Å². The summed E-state index contributed by atoms with van der Waals surface area (Å²) < 4.78 is 11.0. The van der Waals surface area contributed by atoms with Crippen molar-refractivity contribution in [2.45, 2.75) is 78.1 Å². The predicted octanol–water partition coefficient (Wildman–Crippen LogP) is 7.33. The molecule has 0 aliphatic rings. The van der Waals surface area contributed by atoms with Crippen LogP contribution in [0.2, 0.25) is 0 Å². The third-order valence-electron chi connectivity index (χ3n) is 5.31. The summed E-state index contributed by atoms with van der Waals surface area (Å²) >= 11 is 0. The molecule has 0 radical (unpaired) electrons. The Hall–Kier alpha value is -2.62. The molecule has 0 unspecified atom stereocenters. The van der Waals surface area contributed by atoms with Gasteiger partial charge in [-0.05, 0) is 42.2 Å². The normalized spacial score (nSPS) is 10.8. The van der Waals surface area contributed by atoms with Gasteiger partial charge in [-0.3, -0.25) is 0 Å². The molecule has 0 heterocycles. The van der Waals surface area contributed by atoms with Crippen LogP contribution in [0.4, 0.5) is 0 Å². The van der Waals surface area contributed by atoms with E-state index in [0.29, 0.717) is 23.5 Å². The summed E-state index contributed by atoms with van der Waals surface area (Å²) in [4.78, 5) is 25.0. The number of unbranched alkanes of at least 4 members (excludes halogenated alkanes) is 7. The average molecular weight is 425 g/mol. The van der Waals surface area contributed by atoms with E-state index in [0.717, 1.165) is 18.4 Å². The fourth-order valence-electron chi connectivity index (χ4n) is 3.47. The smallest absolute Gasteiger partial charge is 0.343 e. The van der Waals surface area contributed by atoms with Crippen LogP contribution < -0.4 is 4.74 Å². The zero-order chi connectivity index (χ0) is 22.5. The lowest BCUT2D eigenvalue weighted by Gasteiger charge is -2.12. The monoisotopic (exact) mass is 424 g/mol. The number of carbonyl (C=O) groups is 2. The molecule has 31 heavy (non-hydrogen) atoms. The van der Waals surface area contributed by atoms with Gasteiger partial charge in [-0.1, -0.05) is 90.0 Å². The topological polar surface area (TPSA) is 52.6 Å². The van der Waals surface area contributed by atoms with E-state index >= 15 is 0 Å². The van der Waals surface area contributed by atoms with E-state index < -0.39 is 11.9 Å². The maximum atomic E-state index is 12.6. The van der Waals surface area contributed by atoms with Gasteiger partial charge in [0, 0.05) is 0 Å². The number of para-hydroxylation sites is 1. The molecular formula is C27H36O4. The Kier molecular flexibility index (Phi) is 10.8. The molecule has 0 amide bonds. The summed E-state index contributed by atoms with van der Waals surface area (Å²) in [5, 5.41) is 0. The average Bonchev–Trinajstić information content (AvgIpc) is 2.78. The zero-order valence-corrected chi connectivity index (χ0v) is 19.2. The van der Waals surface area contributed by atoms with Gasteiger partial charge in [-0.15, -0.1) is 0 Å². The summed E-state index contributed by atoms with van der Waals surface area (Å²) in [7, 11) is 0. The minimum atomic E-state index is -0.481. The number of hydrogen-bond acceptors (Lipinski definition) is 4. The molecule has 0 fully saturated rings. The molecule has 0 aliphatic carbocycles. The Bertz CT molecular complexity index is 825. The van der Waals surface area contributed by atoms with Crippen molar-refractivity contribution in [3.63, 3.8) is 0 Å². The quantitative estimate of drug-likeness (QED) is 0.192. The molecule has 0 spiro atoms. The molecule has 4 heteroatoms. The van der Waals surface area contributed by atoms with Crippen LogP contribution in [0.5, 0.6) is 5.75 Å². The molecule has 0 saturated carbocycles. The lowest BCUT2D eigenvalue weighted by Crippen LogP contribution is -2.12. The maximum absolute atomic E-state index is 12.6. The van der Waals surface area contributed by atoms with Gasteiger partial charge in [-0.2, -0.15) is 0 Å². The van der Waals surface area contributed by atoms with Crippen LogP contribution in [-0.4, -0.2) is 18.5 Å². The predicted molar refractivity (Wildman–Crippen MR) is 125 cm³/mol. The third kappa shape index (κ3) is 8.56. The molecule has 0 bridgehead atoms. The first-order chi connectivity index (χ1) is 15.0. The molecule has 2 aromatic rings. The van der Waals surface area contributed by atoms with Crippen LogP contribution in [-0.2, 0) is 4.74 Å². The second-order valence-corrected chi connectivity index (χ2v) is 8.27. The summed E-state index contributed by atoms with van der Waals surface area (Å²) in [6, 6.07) is 14.0. The lowest BCUT2D eigenvalue weighted by atomic mass is 10.0. The standard InChI is InChI=1S/C27H36O4/c1-4-5-6-7-8-9-10-13-19-30-26(28)22-15-14-16-23(20-22)27(29)31-25-18-12-11-17-24(25)21(2)3/h11-12,14-18,20-21H,4-10,13,19H2,1-3H3. The number of ether oxygens (including phenoxy) is 2. The van der Waals surface area contributed by atoms with Crippen molar-refractivity contribution in [2.75, 3.05) is 6.61 Å². The van der Waals surface area contributed by atoms with Crippen molar-refractivity contribution in [1.29, 1.82) is 0 Å². The molecule has 0 N–H and O–H groups in total. The molecule has 0 aromatic heterocycles. The van der Waals surface area contributed by atoms with Gasteiger partial charge in [0.2, 0.25) is 0 Å². The Labute approximate surface area is 187 Å². The molecule has 4 nitrogen and oxygen atoms in total. The van der Waals surface area contributed by atoms with Gasteiger partial charge in [0.25, 0.3) is 0 Å². The second-order valence-electron chi connectivity index (χ2n) is 8.27. The van der Waals surface area contributed by atoms with Crippen LogP contribution in [0.1, 0.15) is 104 Å². The SMILES string of the molecule is CCCCCCCCCCOC(=O)c1cccc(C(=O)Oc2ccccc2C(C)C)c1. The van der Waals surface area contributed by atoms with Gasteiger partial charge < -0.3 is 9.47 Å². The first kappa shape index (κ1) is 24.6. The highest BCUT2D eigenvalue weighted by Crippen LogP contribution is 2.26. The number of rotatable bonds is 13. The Morgan fingerprint density at radius 2 is 1.39 bits per heavy atom. The van der Waals surface area contributed by atoms with Crippen LogP contribution in [0.15, 0.2) is 48.5 Å². The van der Waals surface area contributed by atoms with Crippen molar-refractivity contribution in [1.82, 2.24) is 0 Å². The van der Waals surface area contributed by atoms with Crippen molar-refractivity contribution in [2.24, 2.45) is 0 Å². The van der Waals surface area contributed by atoms with Gasteiger partial charge in [0.1, 0.15) is 5.75 Å². The van der Waals surface area contributed by atoms with E-state index in [1.165, 1.54) is 44.6 Å². The number of esters is 2. The molecule has 0 atom stereocenters. The fraction of sp³-hybridized carbons (Fsp3) is 0.481. The Balaban J connectivity index is 1.82. The van der Waals surface area contributed by atoms with Crippen LogP contribution in [0.25, 0.3) is 0 Å². The molecule has 2 aromatic carbocycles. The lowest BCUT2D eigenvalue weighted by molar-refractivity contribution is 0.0497. The van der Waals surface area contributed by atoms with Crippen LogP contribution >= 0.6 is 0 Å². The molecule has 168 valence electrons. The van der Waals surface area contributed by atoms with Gasteiger partial charge in [0.05, 0.1) is 17.7 Å². The number of hydrogen-bond donors (Lipinski definition) is 0. The van der Waals surface area contributed by atoms with Crippen molar-refractivity contribution < 1.29 is 19.1 Å². The summed E-state index contributed by atoms with van der Waals surface area (Å²) in [5.41, 5.74) is 1.67. The largest absolute Gasteiger partial charge is 0.462 e. The van der Waals surface area contributed by atoms with Crippen molar-refractivity contribution in [3.8, 4) is 5.75 Å². The van der Waals surface area contributed by atoms with E-state index in [2.05, 4.69) is 20.8 Å². The van der Waals surface area contributed by atoms with E-state index in [1.807, 2.05) is 18.2 Å². The molecule has 2 rings (SSSR count). The maximum Gasteiger partial charge on any atom is 0.343 e. The minimum Gasteiger partial charge on any atom is -0.462 e. The summed E-state index contributed by atoms with van der Waals surface area (Å²) in [6.07, 6.45) is 9.55.